The van der Waals surface area contributed by atoms with E-state index in [0.29, 0.717) is 10.6 Å². The number of halogens is 1. The Morgan fingerprint density at radius 1 is 1.27 bits per heavy atom. The second kappa shape index (κ2) is 7.21. The summed E-state index contributed by atoms with van der Waals surface area (Å²) in [6.45, 7) is 3.74. The quantitative estimate of drug-likeness (QED) is 0.602. The van der Waals surface area contributed by atoms with Crippen LogP contribution in [0.3, 0.4) is 0 Å². The van der Waals surface area contributed by atoms with Crippen LogP contribution in [0.5, 0.6) is 0 Å². The molecule has 0 aromatic carbocycles. The Morgan fingerprint density at radius 2 is 2.00 bits per heavy atom. The van der Waals surface area contributed by atoms with Crippen LogP contribution in [-0.4, -0.2) is 19.0 Å². The second-order valence-corrected chi connectivity index (χ2v) is 8.16. The molecule has 0 aliphatic rings. The summed E-state index contributed by atoms with van der Waals surface area (Å²) in [6, 6.07) is 3.83. The van der Waals surface area contributed by atoms with Crippen LogP contribution >= 0.6 is 38.6 Å². The molecule has 0 saturated heterocycles. The summed E-state index contributed by atoms with van der Waals surface area (Å²) in [7, 11) is 1.33. The lowest BCUT2D eigenvalue weighted by molar-refractivity contribution is -0.111. The number of methoxy groups -OCH3 is 1. The van der Waals surface area contributed by atoms with Crippen LogP contribution in [0, 0.1) is 13.8 Å². The largest absolute Gasteiger partial charge is 0.465 e. The number of carbonyl (C=O) groups excluding carboxylic acids is 2. The van der Waals surface area contributed by atoms with E-state index in [4.69, 9.17) is 4.74 Å². The molecule has 2 rings (SSSR count). The molecular weight excluding hydrogens is 386 g/mol. The first kappa shape index (κ1) is 16.9. The minimum Gasteiger partial charge on any atom is -0.465 e. The maximum absolute atomic E-state index is 12.0. The predicted molar refractivity (Wildman–Crippen MR) is 94.8 cm³/mol. The van der Waals surface area contributed by atoms with Gasteiger partial charge < -0.3 is 10.1 Å². The number of ether oxygens (including phenoxy) is 1. The number of carbonyl (C=O) groups is 2. The van der Waals surface area contributed by atoms with Gasteiger partial charge in [-0.1, -0.05) is 0 Å². The van der Waals surface area contributed by atoms with Crippen molar-refractivity contribution in [2.45, 2.75) is 13.8 Å². The molecule has 22 heavy (non-hydrogen) atoms. The van der Waals surface area contributed by atoms with Gasteiger partial charge in [-0.2, -0.15) is 0 Å². The van der Waals surface area contributed by atoms with Crippen molar-refractivity contribution in [3.05, 3.63) is 42.9 Å². The SMILES string of the molecule is COC(=O)c1c(NC(=O)/C=C/c2ccc(Br)s2)sc(C)c1C. The molecule has 0 bridgehead atoms. The van der Waals surface area contributed by atoms with Gasteiger partial charge in [0.15, 0.2) is 0 Å². The third kappa shape index (κ3) is 3.85. The molecule has 0 saturated carbocycles. The number of amides is 1. The van der Waals surface area contributed by atoms with E-state index in [1.54, 1.807) is 6.08 Å². The van der Waals surface area contributed by atoms with Gasteiger partial charge >= 0.3 is 5.97 Å². The van der Waals surface area contributed by atoms with E-state index >= 15 is 0 Å². The maximum atomic E-state index is 12.0. The highest BCUT2D eigenvalue weighted by Crippen LogP contribution is 2.33. The van der Waals surface area contributed by atoms with E-state index in [1.807, 2.05) is 26.0 Å². The highest BCUT2D eigenvalue weighted by Gasteiger charge is 2.20. The molecule has 7 heteroatoms. The van der Waals surface area contributed by atoms with Crippen molar-refractivity contribution in [2.75, 3.05) is 12.4 Å². The van der Waals surface area contributed by atoms with Gasteiger partial charge in [0.2, 0.25) is 5.91 Å². The first-order valence-electron chi connectivity index (χ1n) is 6.35. The third-order valence-electron chi connectivity index (χ3n) is 3.00. The number of aryl methyl sites for hydroxylation is 1. The summed E-state index contributed by atoms with van der Waals surface area (Å²) in [4.78, 5) is 25.8. The molecule has 2 aromatic rings. The van der Waals surface area contributed by atoms with Gasteiger partial charge in [-0.05, 0) is 53.5 Å². The molecular formula is C15H14BrNO3S2. The number of anilines is 1. The van der Waals surface area contributed by atoms with Crippen molar-refractivity contribution in [2.24, 2.45) is 0 Å². The molecule has 2 aromatic heterocycles. The summed E-state index contributed by atoms with van der Waals surface area (Å²) < 4.78 is 5.78. The fraction of sp³-hybridized carbons (Fsp3) is 0.200. The Bertz CT molecular complexity index is 746. The van der Waals surface area contributed by atoms with E-state index in [9.17, 15) is 9.59 Å². The Balaban J connectivity index is 2.16. The van der Waals surface area contributed by atoms with Gasteiger partial charge in [0.1, 0.15) is 5.00 Å². The van der Waals surface area contributed by atoms with Gasteiger partial charge in [0.05, 0.1) is 16.5 Å². The highest BCUT2D eigenvalue weighted by atomic mass is 79.9. The summed E-state index contributed by atoms with van der Waals surface area (Å²) in [5.74, 6) is -0.723. The molecule has 0 fully saturated rings. The molecule has 0 aliphatic heterocycles. The molecule has 0 atom stereocenters. The number of rotatable bonds is 4. The second-order valence-electron chi connectivity index (χ2n) is 4.44. The van der Waals surface area contributed by atoms with Gasteiger partial charge in [-0.25, -0.2) is 4.79 Å². The van der Waals surface area contributed by atoms with Crippen molar-refractivity contribution in [1.29, 1.82) is 0 Å². The normalized spacial score (nSPS) is 10.9. The Morgan fingerprint density at radius 3 is 2.59 bits per heavy atom. The first-order chi connectivity index (χ1) is 10.4. The van der Waals surface area contributed by atoms with Crippen LogP contribution in [0.1, 0.15) is 25.7 Å². The number of thiophene rings is 2. The van der Waals surface area contributed by atoms with E-state index in [-0.39, 0.29) is 5.91 Å². The van der Waals surface area contributed by atoms with Crippen molar-refractivity contribution < 1.29 is 14.3 Å². The van der Waals surface area contributed by atoms with Crippen molar-refractivity contribution in [3.63, 3.8) is 0 Å². The fourth-order valence-electron chi connectivity index (χ4n) is 1.79. The predicted octanol–water partition coefficient (Wildman–Crippen LogP) is 4.63. The van der Waals surface area contributed by atoms with E-state index in [1.165, 1.54) is 35.9 Å². The molecule has 2 heterocycles. The smallest absolute Gasteiger partial charge is 0.341 e. The Labute approximate surface area is 144 Å². The lowest BCUT2D eigenvalue weighted by Gasteiger charge is -2.03. The molecule has 0 unspecified atom stereocenters. The lowest BCUT2D eigenvalue weighted by atomic mass is 10.1. The minimum absolute atomic E-state index is 0.282. The lowest BCUT2D eigenvalue weighted by Crippen LogP contribution is -2.11. The third-order valence-corrected chi connectivity index (χ3v) is 5.72. The average Bonchev–Trinajstić information content (AvgIpc) is 3.01. The van der Waals surface area contributed by atoms with Crippen LogP contribution in [0.25, 0.3) is 6.08 Å². The summed E-state index contributed by atoms with van der Waals surface area (Å²) in [6.07, 6.45) is 3.18. The van der Waals surface area contributed by atoms with E-state index < -0.39 is 5.97 Å². The molecule has 0 radical (unpaired) electrons. The van der Waals surface area contributed by atoms with Gasteiger partial charge in [-0.15, -0.1) is 22.7 Å². The fourth-order valence-corrected chi connectivity index (χ4v) is 4.17. The number of esters is 1. The molecule has 0 spiro atoms. The van der Waals surface area contributed by atoms with Gasteiger partial charge in [-0.3, -0.25) is 4.79 Å². The maximum Gasteiger partial charge on any atom is 0.341 e. The van der Waals surface area contributed by atoms with Crippen LogP contribution in [0.2, 0.25) is 0 Å². The minimum atomic E-state index is -0.441. The highest BCUT2D eigenvalue weighted by molar-refractivity contribution is 9.11. The van der Waals surface area contributed by atoms with Gasteiger partial charge in [0.25, 0.3) is 0 Å². The topological polar surface area (TPSA) is 55.4 Å². The van der Waals surface area contributed by atoms with Crippen molar-refractivity contribution in [3.8, 4) is 0 Å². The zero-order valence-electron chi connectivity index (χ0n) is 12.2. The summed E-state index contributed by atoms with van der Waals surface area (Å²) >= 11 is 6.27. The monoisotopic (exact) mass is 399 g/mol. The van der Waals surface area contributed by atoms with Crippen LogP contribution in [0.15, 0.2) is 22.0 Å². The Hall–Kier alpha value is -1.44. The van der Waals surface area contributed by atoms with Crippen LogP contribution in [0.4, 0.5) is 5.00 Å². The molecule has 1 amide bonds. The number of nitrogens with one attached hydrogen (secondary N) is 1. The molecule has 1 N–H and O–H groups in total. The zero-order chi connectivity index (χ0) is 16.3. The Kier molecular flexibility index (Phi) is 5.55. The van der Waals surface area contributed by atoms with E-state index in [0.717, 1.165) is 19.1 Å². The zero-order valence-corrected chi connectivity index (χ0v) is 15.4. The van der Waals surface area contributed by atoms with Crippen molar-refractivity contribution >= 4 is 61.6 Å². The molecule has 116 valence electrons. The molecule has 0 aliphatic carbocycles. The summed E-state index contributed by atoms with van der Waals surface area (Å²) in [5.41, 5.74) is 1.25. The van der Waals surface area contributed by atoms with Crippen molar-refractivity contribution in [1.82, 2.24) is 0 Å². The van der Waals surface area contributed by atoms with E-state index in [2.05, 4.69) is 21.2 Å². The first-order valence-corrected chi connectivity index (χ1v) is 8.77. The average molecular weight is 400 g/mol. The standard InChI is InChI=1S/C15H14BrNO3S2/c1-8-9(2)21-14(13(8)15(19)20-3)17-12(18)7-5-10-4-6-11(16)22-10/h4-7H,1-3H3,(H,17,18)/b7-5+. The van der Waals surface area contributed by atoms with Gasteiger partial charge in [0, 0.05) is 15.8 Å². The number of hydrogen-bond donors (Lipinski definition) is 1. The van der Waals surface area contributed by atoms with Crippen LogP contribution in [-0.2, 0) is 9.53 Å². The summed E-state index contributed by atoms with van der Waals surface area (Å²) in [5, 5.41) is 3.27. The number of hydrogen-bond acceptors (Lipinski definition) is 5. The van der Waals surface area contributed by atoms with Crippen LogP contribution < -0.4 is 5.32 Å². The molecule has 4 nitrogen and oxygen atoms in total.